The van der Waals surface area contributed by atoms with E-state index in [0.29, 0.717) is 0 Å². The van der Waals surface area contributed by atoms with Gasteiger partial charge < -0.3 is 10.1 Å². The molecule has 0 radical (unpaired) electrons. The molecule has 0 fully saturated rings. The lowest BCUT2D eigenvalue weighted by atomic mass is 10.4. The van der Waals surface area contributed by atoms with E-state index >= 15 is 0 Å². The molecule has 13 heavy (non-hydrogen) atoms. The Labute approximate surface area is 78.4 Å². The molecule has 0 saturated heterocycles. The lowest BCUT2D eigenvalue weighted by Crippen LogP contribution is -2.33. The maximum atomic E-state index is 10.9. The number of esters is 1. The predicted octanol–water partition coefficient (Wildman–Crippen LogP) is 0.537. The van der Waals surface area contributed by atoms with Crippen LogP contribution < -0.4 is 5.32 Å². The first-order valence-electron chi connectivity index (χ1n) is 3.98. The average Bonchev–Trinajstić information content (AvgIpc) is 2.02. The van der Waals surface area contributed by atoms with Gasteiger partial charge in [-0.25, -0.2) is 9.79 Å². The van der Waals surface area contributed by atoms with Crippen molar-refractivity contribution in [3.05, 3.63) is 0 Å². The third kappa shape index (κ3) is 5.74. The molecule has 1 N–H and O–H groups in total. The van der Waals surface area contributed by atoms with Gasteiger partial charge in [-0.1, -0.05) is 5.92 Å². The van der Waals surface area contributed by atoms with Crippen molar-refractivity contribution in [3.63, 3.8) is 0 Å². The molecule has 0 spiro atoms. The Morgan fingerprint density at radius 2 is 2.15 bits per heavy atom. The van der Waals surface area contributed by atoms with Crippen molar-refractivity contribution in [2.75, 3.05) is 7.05 Å². The van der Waals surface area contributed by atoms with E-state index in [1.807, 2.05) is 13.8 Å². The fourth-order valence-corrected chi connectivity index (χ4v) is 0.602. The summed E-state index contributed by atoms with van der Waals surface area (Å²) in [6.07, 6.45) is 0. The summed E-state index contributed by atoms with van der Waals surface area (Å²) in [5, 5.41) is 2.86. The summed E-state index contributed by atoms with van der Waals surface area (Å²) in [4.78, 5) is 14.6. The van der Waals surface area contributed by atoms with Gasteiger partial charge in [-0.3, -0.25) is 0 Å². The summed E-state index contributed by atoms with van der Waals surface area (Å²) in [6, 6.07) is 0.365. The van der Waals surface area contributed by atoms with Gasteiger partial charge in [-0.2, -0.15) is 0 Å². The van der Waals surface area contributed by atoms with Crippen LogP contribution in [0.5, 0.6) is 0 Å². The maximum absolute atomic E-state index is 10.9. The number of aliphatic imine (C=N–C) groups is 1. The fourth-order valence-electron chi connectivity index (χ4n) is 0.602. The van der Waals surface area contributed by atoms with Crippen LogP contribution in [-0.4, -0.2) is 25.1 Å². The standard InChI is InChI=1S/C9H14N2O2/c1-5-6-8(12)13-9(10-4)11-7(2)3/h7H,1-4H3,(H,10,11). The molecule has 0 heterocycles. The summed E-state index contributed by atoms with van der Waals surface area (Å²) < 4.78 is 4.78. The number of nitrogens with one attached hydrogen (secondary N) is 1. The highest BCUT2D eigenvalue weighted by Crippen LogP contribution is 1.84. The van der Waals surface area contributed by atoms with E-state index in [1.54, 1.807) is 6.92 Å². The van der Waals surface area contributed by atoms with Crippen molar-refractivity contribution in [2.45, 2.75) is 26.8 Å². The van der Waals surface area contributed by atoms with Gasteiger partial charge in [0.2, 0.25) is 0 Å². The third-order valence-corrected chi connectivity index (χ3v) is 1.03. The Morgan fingerprint density at radius 1 is 1.54 bits per heavy atom. The minimum absolute atomic E-state index is 0.168. The normalized spacial score (nSPS) is 10.4. The van der Waals surface area contributed by atoms with Gasteiger partial charge >= 0.3 is 5.97 Å². The zero-order valence-electron chi connectivity index (χ0n) is 8.34. The van der Waals surface area contributed by atoms with E-state index in [0.717, 1.165) is 0 Å². The second kappa shape index (κ2) is 6.06. The monoisotopic (exact) mass is 182 g/mol. The minimum atomic E-state index is -0.601. The molecule has 0 aromatic rings. The molecular weight excluding hydrogens is 168 g/mol. The van der Waals surface area contributed by atoms with Crippen molar-refractivity contribution < 1.29 is 9.53 Å². The number of hydrogen-bond acceptors (Lipinski definition) is 3. The Kier molecular flexibility index (Phi) is 5.37. The van der Waals surface area contributed by atoms with Crippen LogP contribution in [0.2, 0.25) is 0 Å². The molecule has 72 valence electrons. The lowest BCUT2D eigenvalue weighted by molar-refractivity contribution is -0.129. The van der Waals surface area contributed by atoms with E-state index in [-0.39, 0.29) is 12.1 Å². The van der Waals surface area contributed by atoms with Crippen LogP contribution >= 0.6 is 0 Å². The Balaban J connectivity index is 4.12. The molecule has 0 unspecified atom stereocenters. The molecule has 0 rings (SSSR count). The lowest BCUT2D eigenvalue weighted by Gasteiger charge is -2.09. The highest BCUT2D eigenvalue weighted by Gasteiger charge is 2.05. The van der Waals surface area contributed by atoms with E-state index in [2.05, 4.69) is 22.2 Å². The zero-order valence-corrected chi connectivity index (χ0v) is 8.34. The molecule has 4 nitrogen and oxygen atoms in total. The minimum Gasteiger partial charge on any atom is -0.383 e. The highest BCUT2D eigenvalue weighted by molar-refractivity contribution is 5.97. The van der Waals surface area contributed by atoms with Gasteiger partial charge in [0.1, 0.15) is 0 Å². The SMILES string of the molecule is CC#CC(=O)OC(=NC)NC(C)C. The van der Waals surface area contributed by atoms with Crippen molar-refractivity contribution >= 4 is 12.0 Å². The van der Waals surface area contributed by atoms with Gasteiger partial charge in [-0.15, -0.1) is 0 Å². The van der Waals surface area contributed by atoms with E-state index in [1.165, 1.54) is 7.05 Å². The van der Waals surface area contributed by atoms with Crippen molar-refractivity contribution in [2.24, 2.45) is 4.99 Å². The molecule has 0 aliphatic rings. The number of nitrogens with zero attached hydrogens (tertiary/aromatic N) is 1. The number of amidine groups is 1. The number of hydrogen-bond donors (Lipinski definition) is 1. The number of ether oxygens (including phenoxy) is 1. The summed E-state index contributed by atoms with van der Waals surface area (Å²) in [7, 11) is 1.54. The molecular formula is C9H14N2O2. The molecule has 4 heteroatoms. The van der Waals surface area contributed by atoms with Crippen LogP contribution in [0.3, 0.4) is 0 Å². The highest BCUT2D eigenvalue weighted by atomic mass is 16.6. The summed E-state index contributed by atoms with van der Waals surface area (Å²) in [6.45, 7) is 5.41. The second-order valence-corrected chi connectivity index (χ2v) is 2.59. The topological polar surface area (TPSA) is 50.7 Å². The Bertz CT molecular complexity index is 259. The van der Waals surface area contributed by atoms with Gasteiger partial charge in [0.15, 0.2) is 0 Å². The molecule has 0 saturated carbocycles. The smallest absolute Gasteiger partial charge is 0.383 e. The molecule has 0 atom stereocenters. The fraction of sp³-hybridized carbons (Fsp3) is 0.556. The first-order chi connectivity index (χ1) is 6.10. The van der Waals surface area contributed by atoms with Gasteiger partial charge in [0.25, 0.3) is 6.02 Å². The number of carbonyl (C=O) groups excluding carboxylic acids is 1. The second-order valence-electron chi connectivity index (χ2n) is 2.59. The van der Waals surface area contributed by atoms with E-state index in [4.69, 9.17) is 4.74 Å². The van der Waals surface area contributed by atoms with Gasteiger partial charge in [-0.05, 0) is 20.8 Å². The largest absolute Gasteiger partial charge is 0.392 e. The predicted molar refractivity (Wildman–Crippen MR) is 51.2 cm³/mol. The first-order valence-corrected chi connectivity index (χ1v) is 3.98. The summed E-state index contributed by atoms with van der Waals surface area (Å²) in [5.74, 6) is 4.09. The van der Waals surface area contributed by atoms with E-state index < -0.39 is 5.97 Å². The van der Waals surface area contributed by atoms with Crippen LogP contribution in [0, 0.1) is 11.8 Å². The van der Waals surface area contributed by atoms with E-state index in [9.17, 15) is 4.79 Å². The van der Waals surface area contributed by atoms with Crippen molar-refractivity contribution in [1.29, 1.82) is 0 Å². The zero-order chi connectivity index (χ0) is 10.3. The average molecular weight is 182 g/mol. The molecule has 0 aromatic carbocycles. The summed E-state index contributed by atoms with van der Waals surface area (Å²) in [5.41, 5.74) is 0. The molecule has 0 aliphatic carbocycles. The molecule has 0 aromatic heterocycles. The quantitative estimate of drug-likeness (QED) is 0.212. The van der Waals surface area contributed by atoms with Crippen LogP contribution in [0.25, 0.3) is 0 Å². The van der Waals surface area contributed by atoms with Crippen LogP contribution in [-0.2, 0) is 9.53 Å². The Hall–Kier alpha value is -1.50. The van der Waals surface area contributed by atoms with Crippen LogP contribution in [0.1, 0.15) is 20.8 Å². The van der Waals surface area contributed by atoms with Crippen molar-refractivity contribution in [3.8, 4) is 11.8 Å². The number of rotatable bonds is 1. The van der Waals surface area contributed by atoms with Crippen molar-refractivity contribution in [1.82, 2.24) is 5.32 Å². The first kappa shape index (κ1) is 11.5. The number of carbonyl (C=O) groups is 1. The molecule has 0 amide bonds. The maximum Gasteiger partial charge on any atom is 0.392 e. The third-order valence-electron chi connectivity index (χ3n) is 1.03. The Morgan fingerprint density at radius 3 is 2.54 bits per heavy atom. The molecule has 0 aliphatic heterocycles. The van der Waals surface area contributed by atoms with Crippen LogP contribution in [0.4, 0.5) is 0 Å². The summed E-state index contributed by atoms with van der Waals surface area (Å²) >= 11 is 0. The van der Waals surface area contributed by atoms with Gasteiger partial charge in [0, 0.05) is 19.0 Å². The molecule has 0 bridgehead atoms. The van der Waals surface area contributed by atoms with Gasteiger partial charge in [0.05, 0.1) is 0 Å². The van der Waals surface area contributed by atoms with Crippen LogP contribution in [0.15, 0.2) is 4.99 Å².